The molecule has 6 heteroatoms. The number of anilines is 1. The number of nitrogens with one attached hydrogen (secondary N) is 1. The molecule has 3 aromatic rings. The fourth-order valence-corrected chi connectivity index (χ4v) is 3.33. The van der Waals surface area contributed by atoms with E-state index < -0.39 is 0 Å². The van der Waals surface area contributed by atoms with Crippen LogP contribution in [0.5, 0.6) is 5.75 Å². The summed E-state index contributed by atoms with van der Waals surface area (Å²) in [6, 6.07) is 11.1. The second-order valence-corrected chi connectivity index (χ2v) is 6.30. The maximum absolute atomic E-state index is 12.3. The first-order valence-electron chi connectivity index (χ1n) is 7.46. The molecule has 0 radical (unpaired) electrons. The van der Waals surface area contributed by atoms with Gasteiger partial charge < -0.3 is 10.1 Å². The van der Waals surface area contributed by atoms with Crippen LogP contribution in [0.2, 0.25) is 0 Å². The number of hydrogen-bond acceptors (Lipinski definition) is 5. The summed E-state index contributed by atoms with van der Waals surface area (Å²) in [5, 5.41) is 3.79. The number of pyridine rings is 1. The number of amides is 1. The second kappa shape index (κ2) is 7.23. The standard InChI is InChI=1S/C18H17N3O2S/c1-12-16(24-18(20-12)13-6-8-19-9-7-13)11-17(22)21-14-4-3-5-15(10-14)23-2/h3-10H,11H2,1-2H3,(H,21,22). The van der Waals surface area contributed by atoms with Crippen LogP contribution in [0, 0.1) is 6.92 Å². The lowest BCUT2D eigenvalue weighted by Gasteiger charge is -2.06. The number of aromatic nitrogens is 2. The first-order chi connectivity index (χ1) is 11.7. The molecular weight excluding hydrogens is 322 g/mol. The van der Waals surface area contributed by atoms with E-state index in [1.165, 1.54) is 11.3 Å². The van der Waals surface area contributed by atoms with Crippen LogP contribution in [0.1, 0.15) is 10.6 Å². The lowest BCUT2D eigenvalue weighted by molar-refractivity contribution is -0.115. The van der Waals surface area contributed by atoms with Crippen LogP contribution in [0.3, 0.4) is 0 Å². The molecule has 0 fully saturated rings. The minimum atomic E-state index is -0.0729. The van der Waals surface area contributed by atoms with Crippen LogP contribution in [0.15, 0.2) is 48.8 Å². The van der Waals surface area contributed by atoms with Gasteiger partial charge in [0.05, 0.1) is 19.2 Å². The lowest BCUT2D eigenvalue weighted by Crippen LogP contribution is -2.14. The molecule has 1 N–H and O–H groups in total. The Balaban J connectivity index is 1.71. The summed E-state index contributed by atoms with van der Waals surface area (Å²) in [7, 11) is 1.60. The molecular formula is C18H17N3O2S. The van der Waals surface area contributed by atoms with Crippen molar-refractivity contribution in [3.63, 3.8) is 0 Å². The van der Waals surface area contributed by atoms with Crippen molar-refractivity contribution in [2.75, 3.05) is 12.4 Å². The van der Waals surface area contributed by atoms with Gasteiger partial charge in [-0.2, -0.15) is 0 Å². The summed E-state index contributed by atoms with van der Waals surface area (Å²) in [5.41, 5.74) is 2.61. The van der Waals surface area contributed by atoms with E-state index in [0.717, 1.165) is 26.8 Å². The lowest BCUT2D eigenvalue weighted by atomic mass is 10.2. The second-order valence-electron chi connectivity index (χ2n) is 5.22. The highest BCUT2D eigenvalue weighted by molar-refractivity contribution is 7.15. The van der Waals surface area contributed by atoms with E-state index in [9.17, 15) is 4.79 Å². The SMILES string of the molecule is COc1cccc(NC(=O)Cc2sc(-c3ccncc3)nc2C)c1. The van der Waals surface area contributed by atoms with Crippen LogP contribution >= 0.6 is 11.3 Å². The normalized spacial score (nSPS) is 10.4. The van der Waals surface area contributed by atoms with Crippen LogP contribution in [0.25, 0.3) is 10.6 Å². The van der Waals surface area contributed by atoms with Crippen LogP contribution < -0.4 is 10.1 Å². The van der Waals surface area contributed by atoms with E-state index >= 15 is 0 Å². The van der Waals surface area contributed by atoms with Crippen molar-refractivity contribution >= 4 is 22.9 Å². The van der Waals surface area contributed by atoms with Crippen molar-refractivity contribution < 1.29 is 9.53 Å². The number of ether oxygens (including phenoxy) is 1. The third-order valence-corrected chi connectivity index (χ3v) is 4.70. The van der Waals surface area contributed by atoms with E-state index in [1.54, 1.807) is 25.6 Å². The van der Waals surface area contributed by atoms with E-state index in [0.29, 0.717) is 12.2 Å². The van der Waals surface area contributed by atoms with Gasteiger partial charge in [0.15, 0.2) is 0 Å². The number of carbonyl (C=O) groups is 1. The molecule has 5 nitrogen and oxygen atoms in total. The summed E-state index contributed by atoms with van der Waals surface area (Å²) < 4.78 is 5.16. The topological polar surface area (TPSA) is 64.1 Å². The molecule has 24 heavy (non-hydrogen) atoms. The number of benzene rings is 1. The Labute approximate surface area is 144 Å². The predicted octanol–water partition coefficient (Wildman–Crippen LogP) is 3.70. The van der Waals surface area contributed by atoms with Gasteiger partial charge in [-0.3, -0.25) is 9.78 Å². The molecule has 0 aliphatic heterocycles. The van der Waals surface area contributed by atoms with Gasteiger partial charge in [-0.25, -0.2) is 4.98 Å². The predicted molar refractivity (Wildman–Crippen MR) is 95.4 cm³/mol. The molecule has 2 aromatic heterocycles. The van der Waals surface area contributed by atoms with Crippen LogP contribution in [-0.4, -0.2) is 23.0 Å². The number of aryl methyl sites for hydroxylation is 1. The van der Waals surface area contributed by atoms with Crippen LogP contribution in [0.4, 0.5) is 5.69 Å². The summed E-state index contributed by atoms with van der Waals surface area (Å²) in [4.78, 5) is 21.8. The van der Waals surface area contributed by atoms with Crippen LogP contribution in [-0.2, 0) is 11.2 Å². The van der Waals surface area contributed by atoms with Gasteiger partial charge in [-0.1, -0.05) is 6.07 Å². The number of carbonyl (C=O) groups excluding carboxylic acids is 1. The molecule has 0 spiro atoms. The molecule has 0 aliphatic carbocycles. The van der Waals surface area contributed by atoms with Gasteiger partial charge in [0, 0.05) is 34.6 Å². The van der Waals surface area contributed by atoms with E-state index in [1.807, 2.05) is 37.3 Å². The molecule has 122 valence electrons. The van der Waals surface area contributed by atoms with Gasteiger partial charge >= 0.3 is 0 Å². The monoisotopic (exact) mass is 339 g/mol. The minimum absolute atomic E-state index is 0.0729. The van der Waals surface area contributed by atoms with Crippen molar-refractivity contribution in [2.24, 2.45) is 0 Å². The highest BCUT2D eigenvalue weighted by atomic mass is 32.1. The first kappa shape index (κ1) is 16.1. The first-order valence-corrected chi connectivity index (χ1v) is 8.28. The number of rotatable bonds is 5. The Kier molecular flexibility index (Phi) is 4.86. The number of nitrogens with zero attached hydrogens (tertiary/aromatic N) is 2. The highest BCUT2D eigenvalue weighted by Gasteiger charge is 2.13. The van der Waals surface area contributed by atoms with Crippen molar-refractivity contribution in [2.45, 2.75) is 13.3 Å². The van der Waals surface area contributed by atoms with Gasteiger partial charge in [0.25, 0.3) is 0 Å². The summed E-state index contributed by atoms with van der Waals surface area (Å²) in [5.74, 6) is 0.637. The zero-order valence-corrected chi connectivity index (χ0v) is 14.3. The minimum Gasteiger partial charge on any atom is -0.497 e. The molecule has 0 saturated heterocycles. The zero-order chi connectivity index (χ0) is 16.9. The molecule has 2 heterocycles. The van der Waals surface area contributed by atoms with Crippen molar-refractivity contribution in [1.29, 1.82) is 0 Å². The average Bonchev–Trinajstić information content (AvgIpc) is 2.96. The van der Waals surface area contributed by atoms with Gasteiger partial charge in [-0.05, 0) is 31.2 Å². The Morgan fingerprint density at radius 1 is 1.25 bits per heavy atom. The molecule has 0 aliphatic rings. The molecule has 1 amide bonds. The fourth-order valence-electron chi connectivity index (χ4n) is 2.26. The maximum atomic E-state index is 12.3. The average molecular weight is 339 g/mol. The third kappa shape index (κ3) is 3.78. The van der Waals surface area contributed by atoms with Crippen molar-refractivity contribution in [1.82, 2.24) is 9.97 Å². The summed E-state index contributed by atoms with van der Waals surface area (Å²) >= 11 is 1.53. The molecule has 0 unspecified atom stereocenters. The molecule has 0 bridgehead atoms. The molecule has 1 aromatic carbocycles. The van der Waals surface area contributed by atoms with Gasteiger partial charge in [0.1, 0.15) is 10.8 Å². The van der Waals surface area contributed by atoms with Gasteiger partial charge in [-0.15, -0.1) is 11.3 Å². The smallest absolute Gasteiger partial charge is 0.229 e. The molecule has 0 atom stereocenters. The third-order valence-electron chi connectivity index (χ3n) is 3.49. The zero-order valence-electron chi connectivity index (χ0n) is 13.4. The molecule has 3 rings (SSSR count). The Morgan fingerprint density at radius 3 is 2.79 bits per heavy atom. The summed E-state index contributed by atoms with van der Waals surface area (Å²) in [6.07, 6.45) is 3.77. The quantitative estimate of drug-likeness (QED) is 0.770. The van der Waals surface area contributed by atoms with Crippen molar-refractivity contribution in [3.8, 4) is 16.3 Å². The molecule has 0 saturated carbocycles. The highest BCUT2D eigenvalue weighted by Crippen LogP contribution is 2.28. The summed E-state index contributed by atoms with van der Waals surface area (Å²) in [6.45, 7) is 1.93. The maximum Gasteiger partial charge on any atom is 0.229 e. The largest absolute Gasteiger partial charge is 0.497 e. The van der Waals surface area contributed by atoms with Crippen molar-refractivity contribution in [3.05, 3.63) is 59.4 Å². The number of methoxy groups -OCH3 is 1. The number of hydrogen-bond donors (Lipinski definition) is 1. The van der Waals surface area contributed by atoms with E-state index in [4.69, 9.17) is 4.74 Å². The Morgan fingerprint density at radius 2 is 2.04 bits per heavy atom. The fraction of sp³-hybridized carbons (Fsp3) is 0.167. The van der Waals surface area contributed by atoms with Gasteiger partial charge in [0.2, 0.25) is 5.91 Å². The van der Waals surface area contributed by atoms with E-state index in [-0.39, 0.29) is 5.91 Å². The van der Waals surface area contributed by atoms with E-state index in [2.05, 4.69) is 15.3 Å². The Hall–Kier alpha value is -2.73. The number of thiazole rings is 1. The Bertz CT molecular complexity index is 846.